The Morgan fingerprint density at radius 3 is 1.24 bits per heavy atom. The third-order valence-corrected chi connectivity index (χ3v) is 5.02. The zero-order chi connectivity index (χ0) is 18.1. The van der Waals surface area contributed by atoms with Crippen LogP contribution >= 0.6 is 0 Å². The lowest BCUT2D eigenvalue weighted by Crippen LogP contribution is -2.02. The van der Waals surface area contributed by atoms with E-state index >= 15 is 0 Å². The SMILES string of the molecule is Cc1cccc(C)c1-c1cccc(-c2c(C)cccc2C)c1[C@H](C)O. The van der Waals surface area contributed by atoms with Gasteiger partial charge in [0, 0.05) is 0 Å². The molecule has 0 bridgehead atoms. The zero-order valence-corrected chi connectivity index (χ0v) is 15.7. The van der Waals surface area contributed by atoms with Crippen molar-refractivity contribution < 1.29 is 5.11 Å². The van der Waals surface area contributed by atoms with Crippen molar-refractivity contribution >= 4 is 0 Å². The highest BCUT2D eigenvalue weighted by molar-refractivity contribution is 5.84. The summed E-state index contributed by atoms with van der Waals surface area (Å²) < 4.78 is 0. The van der Waals surface area contributed by atoms with Crippen LogP contribution in [0.25, 0.3) is 22.3 Å². The molecule has 3 aromatic carbocycles. The van der Waals surface area contributed by atoms with Gasteiger partial charge in [-0.2, -0.15) is 0 Å². The maximum atomic E-state index is 10.7. The fourth-order valence-electron chi connectivity index (χ4n) is 3.93. The molecule has 25 heavy (non-hydrogen) atoms. The van der Waals surface area contributed by atoms with E-state index in [9.17, 15) is 5.11 Å². The van der Waals surface area contributed by atoms with Gasteiger partial charge in [0.15, 0.2) is 0 Å². The molecule has 0 aliphatic carbocycles. The lowest BCUT2D eigenvalue weighted by atomic mass is 9.84. The lowest BCUT2D eigenvalue weighted by molar-refractivity contribution is 0.200. The molecule has 0 unspecified atom stereocenters. The number of benzene rings is 3. The van der Waals surface area contributed by atoms with Crippen molar-refractivity contribution in [2.45, 2.75) is 40.7 Å². The van der Waals surface area contributed by atoms with Gasteiger partial charge in [-0.25, -0.2) is 0 Å². The zero-order valence-electron chi connectivity index (χ0n) is 15.7. The van der Waals surface area contributed by atoms with Gasteiger partial charge in [0.2, 0.25) is 0 Å². The standard InChI is InChI=1S/C24H26O/c1-15-9-6-10-16(2)22(15)20-13-8-14-21(24(20)19(5)25)23-17(3)11-7-12-18(23)4/h6-14,19,25H,1-5H3/t19-/m0/s1. The van der Waals surface area contributed by atoms with Crippen molar-refractivity contribution in [3.8, 4) is 22.3 Å². The number of aliphatic hydroxyl groups excluding tert-OH is 1. The van der Waals surface area contributed by atoms with Gasteiger partial charge < -0.3 is 5.11 Å². The van der Waals surface area contributed by atoms with Crippen molar-refractivity contribution in [3.05, 3.63) is 82.4 Å². The molecule has 0 aromatic heterocycles. The third kappa shape index (κ3) is 3.12. The second kappa shape index (κ2) is 6.85. The Kier molecular flexibility index (Phi) is 4.78. The predicted molar refractivity (Wildman–Crippen MR) is 107 cm³/mol. The highest BCUT2D eigenvalue weighted by atomic mass is 16.3. The summed E-state index contributed by atoms with van der Waals surface area (Å²) in [6.45, 7) is 10.4. The van der Waals surface area contributed by atoms with E-state index in [0.717, 1.165) is 16.7 Å². The molecule has 0 saturated heterocycles. The molecule has 0 aliphatic heterocycles. The normalized spacial score (nSPS) is 12.2. The van der Waals surface area contributed by atoms with Gasteiger partial charge >= 0.3 is 0 Å². The first-order chi connectivity index (χ1) is 11.9. The maximum absolute atomic E-state index is 10.7. The Balaban J connectivity index is 2.38. The molecule has 0 saturated carbocycles. The summed E-state index contributed by atoms with van der Waals surface area (Å²) in [5, 5.41) is 10.7. The second-order valence-corrected chi connectivity index (χ2v) is 6.98. The summed E-state index contributed by atoms with van der Waals surface area (Å²) in [6.07, 6.45) is -0.538. The van der Waals surface area contributed by atoms with Crippen molar-refractivity contribution in [1.82, 2.24) is 0 Å². The monoisotopic (exact) mass is 330 g/mol. The number of aryl methyl sites for hydroxylation is 4. The smallest absolute Gasteiger partial charge is 0.0773 e. The Bertz CT molecular complexity index is 809. The van der Waals surface area contributed by atoms with Crippen LogP contribution in [0.3, 0.4) is 0 Å². The first-order valence-electron chi connectivity index (χ1n) is 8.86. The minimum absolute atomic E-state index is 0.538. The Labute approximate surface area is 151 Å². The Hall–Kier alpha value is -2.38. The number of hydrogen-bond acceptors (Lipinski definition) is 1. The third-order valence-electron chi connectivity index (χ3n) is 5.02. The molecule has 128 valence electrons. The number of aliphatic hydroxyl groups is 1. The first kappa shape index (κ1) is 17.4. The molecule has 0 spiro atoms. The fraction of sp³-hybridized carbons (Fsp3) is 0.250. The van der Waals surface area contributed by atoms with Gasteiger partial charge in [0.05, 0.1) is 6.10 Å². The van der Waals surface area contributed by atoms with Crippen molar-refractivity contribution in [1.29, 1.82) is 0 Å². The van der Waals surface area contributed by atoms with E-state index < -0.39 is 6.10 Å². The highest BCUT2D eigenvalue weighted by Crippen LogP contribution is 2.40. The second-order valence-electron chi connectivity index (χ2n) is 6.98. The van der Waals surface area contributed by atoms with Crippen molar-refractivity contribution in [2.75, 3.05) is 0 Å². The molecule has 3 aromatic rings. The Morgan fingerprint density at radius 1 is 0.600 bits per heavy atom. The average molecular weight is 330 g/mol. The van der Waals surface area contributed by atoms with Crippen LogP contribution in [0.1, 0.15) is 40.8 Å². The van der Waals surface area contributed by atoms with Crippen LogP contribution in [0.2, 0.25) is 0 Å². The largest absolute Gasteiger partial charge is 0.389 e. The minimum atomic E-state index is -0.538. The quantitative estimate of drug-likeness (QED) is 0.597. The van der Waals surface area contributed by atoms with Gasteiger partial charge in [-0.1, -0.05) is 54.6 Å². The molecular weight excluding hydrogens is 304 g/mol. The van der Waals surface area contributed by atoms with E-state index in [2.05, 4.69) is 82.3 Å². The van der Waals surface area contributed by atoms with Crippen molar-refractivity contribution in [2.24, 2.45) is 0 Å². The molecule has 1 heteroatoms. The molecular formula is C24H26O. The van der Waals surface area contributed by atoms with Crippen LogP contribution in [0.4, 0.5) is 0 Å². The highest BCUT2D eigenvalue weighted by Gasteiger charge is 2.19. The summed E-state index contributed by atoms with van der Waals surface area (Å²) in [5.74, 6) is 0. The van der Waals surface area contributed by atoms with Crippen LogP contribution in [-0.2, 0) is 0 Å². The molecule has 3 rings (SSSR count). The number of hydrogen-bond donors (Lipinski definition) is 1. The van der Waals surface area contributed by atoms with Gasteiger partial charge in [-0.3, -0.25) is 0 Å². The van der Waals surface area contributed by atoms with Gasteiger partial charge in [-0.05, 0) is 84.7 Å². The van der Waals surface area contributed by atoms with Crippen molar-refractivity contribution in [3.63, 3.8) is 0 Å². The van der Waals surface area contributed by atoms with E-state index in [1.807, 2.05) is 6.92 Å². The van der Waals surface area contributed by atoms with E-state index in [1.165, 1.54) is 33.4 Å². The summed E-state index contributed by atoms with van der Waals surface area (Å²) in [4.78, 5) is 0. The molecule has 0 radical (unpaired) electrons. The fourth-order valence-corrected chi connectivity index (χ4v) is 3.93. The molecule has 1 nitrogen and oxygen atoms in total. The van der Waals surface area contributed by atoms with E-state index in [-0.39, 0.29) is 0 Å². The van der Waals surface area contributed by atoms with Crippen LogP contribution in [0.5, 0.6) is 0 Å². The van der Waals surface area contributed by atoms with Crippen LogP contribution in [-0.4, -0.2) is 5.11 Å². The van der Waals surface area contributed by atoms with Crippen LogP contribution in [0.15, 0.2) is 54.6 Å². The summed E-state index contributed by atoms with van der Waals surface area (Å²) in [6, 6.07) is 19.1. The van der Waals surface area contributed by atoms with E-state index in [4.69, 9.17) is 0 Å². The Morgan fingerprint density at radius 2 is 0.920 bits per heavy atom. The molecule has 0 aliphatic rings. The molecule has 0 heterocycles. The van der Waals surface area contributed by atoms with E-state index in [1.54, 1.807) is 0 Å². The summed E-state index contributed by atoms with van der Waals surface area (Å²) in [5.41, 5.74) is 10.7. The first-order valence-corrected chi connectivity index (χ1v) is 8.86. The topological polar surface area (TPSA) is 20.2 Å². The van der Waals surface area contributed by atoms with Gasteiger partial charge in [0.25, 0.3) is 0 Å². The molecule has 1 atom stereocenters. The summed E-state index contributed by atoms with van der Waals surface area (Å²) >= 11 is 0. The minimum Gasteiger partial charge on any atom is -0.389 e. The van der Waals surface area contributed by atoms with Crippen LogP contribution in [0, 0.1) is 27.7 Å². The average Bonchev–Trinajstić information content (AvgIpc) is 2.54. The molecule has 1 N–H and O–H groups in total. The predicted octanol–water partition coefficient (Wildman–Crippen LogP) is 6.31. The summed E-state index contributed by atoms with van der Waals surface area (Å²) in [7, 11) is 0. The van der Waals surface area contributed by atoms with E-state index in [0.29, 0.717) is 0 Å². The van der Waals surface area contributed by atoms with Gasteiger partial charge in [-0.15, -0.1) is 0 Å². The molecule has 0 amide bonds. The lowest BCUT2D eigenvalue weighted by Gasteiger charge is -2.22. The van der Waals surface area contributed by atoms with Gasteiger partial charge in [0.1, 0.15) is 0 Å². The maximum Gasteiger partial charge on any atom is 0.0773 e. The van der Waals surface area contributed by atoms with Crippen LogP contribution < -0.4 is 0 Å². The number of rotatable bonds is 3. The molecule has 0 fully saturated rings.